The Morgan fingerprint density at radius 1 is 1.50 bits per heavy atom. The molecule has 0 spiro atoms. The highest BCUT2D eigenvalue weighted by atomic mass is 16.4. The van der Waals surface area contributed by atoms with Crippen LogP contribution in [0.25, 0.3) is 0 Å². The molecular formula is C11H15NO4. The second kappa shape index (κ2) is 5.37. The smallest absolute Gasteiger partial charge is 0.320 e. The molecule has 0 aliphatic heterocycles. The van der Waals surface area contributed by atoms with Gasteiger partial charge in [-0.05, 0) is 36.9 Å². The van der Waals surface area contributed by atoms with E-state index in [1.54, 1.807) is 0 Å². The molecule has 1 aromatic carbocycles. The molecule has 1 aromatic rings. The largest absolute Gasteiger partial charge is 0.504 e. The minimum absolute atomic E-state index is 0.0753. The van der Waals surface area contributed by atoms with Crippen LogP contribution in [0.3, 0.4) is 0 Å². The van der Waals surface area contributed by atoms with E-state index in [1.165, 1.54) is 18.2 Å². The van der Waals surface area contributed by atoms with E-state index in [4.69, 9.17) is 20.1 Å². The molecule has 1 unspecified atom stereocenters. The van der Waals surface area contributed by atoms with Crippen molar-refractivity contribution in [1.82, 2.24) is 0 Å². The minimum Gasteiger partial charge on any atom is -0.504 e. The van der Waals surface area contributed by atoms with E-state index in [2.05, 4.69) is 0 Å². The van der Waals surface area contributed by atoms with Gasteiger partial charge < -0.3 is 21.1 Å². The maximum absolute atomic E-state index is 10.8. The summed E-state index contributed by atoms with van der Waals surface area (Å²) in [7, 11) is 0. The molecule has 5 N–H and O–H groups in total. The van der Waals surface area contributed by atoms with Crippen LogP contribution in [0.4, 0.5) is 0 Å². The van der Waals surface area contributed by atoms with Gasteiger partial charge in [0.1, 0.15) is 6.02 Å². The van der Waals surface area contributed by atoms with Crippen LogP contribution < -0.4 is 5.73 Å². The monoisotopic (exact) mass is 228 g/mol. The Hall–Kier alpha value is -1.75. The number of aliphatic carboxylic acids is 1. The summed E-state index contributed by atoms with van der Waals surface area (Å²) in [6.45, 7) is 0. The molecule has 0 amide bonds. The predicted molar refractivity (Wildman–Crippen MR) is 58.3 cm³/mol. The second-order valence-electron chi connectivity index (χ2n) is 3.22. The Morgan fingerprint density at radius 2 is 2.19 bits per heavy atom. The van der Waals surface area contributed by atoms with E-state index in [1.807, 2.05) is 0 Å². The fraction of sp³-hybridized carbons (Fsp3) is 0.364. The van der Waals surface area contributed by atoms with Crippen molar-refractivity contribution >= 4 is 5.97 Å². The summed E-state index contributed by atoms with van der Waals surface area (Å²) in [4.78, 5) is 10.8. The Morgan fingerprint density at radius 3 is 2.75 bits per heavy atom. The second-order valence-corrected chi connectivity index (χ2v) is 3.22. The van der Waals surface area contributed by atoms with Crippen LogP contribution >= 0.6 is 0 Å². The molecule has 1 rings (SSSR count). The van der Waals surface area contributed by atoms with Crippen molar-refractivity contribution in [3.05, 3.63) is 23.8 Å². The average molecular weight is 228 g/mol. The van der Waals surface area contributed by atoms with Crippen molar-refractivity contribution in [2.45, 2.75) is 25.2 Å². The number of nitrogens with two attached hydrogens (primary N) is 1. The third-order valence-electron chi connectivity index (χ3n) is 2.00. The maximum atomic E-state index is 10.8. The Balaban J connectivity index is 2.80. The number of benzene rings is 1. The summed E-state index contributed by atoms with van der Waals surface area (Å²) in [5, 5.41) is 27.1. The lowest BCUT2D eigenvalue weighted by Gasteiger charge is -2.06. The minimum atomic E-state index is -2.74. The summed E-state index contributed by atoms with van der Waals surface area (Å²) < 4.78 is 22.5. The van der Waals surface area contributed by atoms with E-state index in [9.17, 15) is 9.90 Å². The van der Waals surface area contributed by atoms with E-state index >= 15 is 0 Å². The summed E-state index contributed by atoms with van der Waals surface area (Å²) in [6.07, 6.45) is -2.66. The predicted octanol–water partition coefficient (Wildman–Crippen LogP) is 0.832. The molecule has 0 aliphatic rings. The highest BCUT2D eigenvalue weighted by Crippen LogP contribution is 2.25. The molecular weight excluding hydrogens is 210 g/mol. The topological polar surface area (TPSA) is 104 Å². The molecule has 0 radical (unpaired) electrons. The van der Waals surface area contributed by atoms with Gasteiger partial charge >= 0.3 is 5.97 Å². The van der Waals surface area contributed by atoms with Gasteiger partial charge in [0.15, 0.2) is 11.5 Å². The normalized spacial score (nSPS) is 17.9. The Labute approximate surface area is 97.4 Å². The van der Waals surface area contributed by atoms with Crippen LogP contribution in [0, 0.1) is 0 Å². The van der Waals surface area contributed by atoms with Gasteiger partial charge in [-0.2, -0.15) is 0 Å². The van der Waals surface area contributed by atoms with Gasteiger partial charge in [-0.3, -0.25) is 4.79 Å². The van der Waals surface area contributed by atoms with Crippen LogP contribution in [0.1, 0.15) is 22.5 Å². The van der Waals surface area contributed by atoms with Crippen molar-refractivity contribution in [2.75, 3.05) is 0 Å². The summed E-state index contributed by atoms with van der Waals surface area (Å²) in [5.74, 6) is -2.39. The van der Waals surface area contributed by atoms with Gasteiger partial charge in [-0.15, -0.1) is 0 Å². The summed E-state index contributed by atoms with van der Waals surface area (Å²) in [5.41, 5.74) is 5.66. The number of hydrogen-bond acceptors (Lipinski definition) is 4. The van der Waals surface area contributed by atoms with Crippen LogP contribution in [0.5, 0.6) is 11.5 Å². The number of aromatic hydroxyl groups is 2. The van der Waals surface area contributed by atoms with E-state index < -0.39 is 18.4 Å². The number of phenols is 2. The molecule has 5 nitrogen and oxygen atoms in total. The first-order chi connectivity index (χ1) is 8.58. The first-order valence-corrected chi connectivity index (χ1v) is 4.61. The van der Waals surface area contributed by atoms with E-state index in [-0.39, 0.29) is 24.3 Å². The quantitative estimate of drug-likeness (QED) is 0.559. The number of carbonyl (C=O) groups is 1. The molecule has 16 heavy (non-hydrogen) atoms. The van der Waals surface area contributed by atoms with Crippen LogP contribution in [-0.2, 0) is 11.2 Å². The van der Waals surface area contributed by atoms with Crippen molar-refractivity contribution in [3.63, 3.8) is 0 Å². The number of phenolic OH excluding ortho intramolecular Hbond substituents is 2. The first-order valence-electron chi connectivity index (χ1n) is 6.11. The fourth-order valence-electron chi connectivity index (χ4n) is 1.14. The van der Waals surface area contributed by atoms with Gasteiger partial charge in [-0.25, -0.2) is 0 Å². The van der Waals surface area contributed by atoms with Crippen LogP contribution in [0.15, 0.2) is 18.2 Å². The lowest BCUT2D eigenvalue weighted by Crippen LogP contribution is -2.29. The van der Waals surface area contributed by atoms with Gasteiger partial charge in [-0.1, -0.05) is 6.07 Å². The number of carboxylic acids is 1. The number of carboxylic acid groups (broad SMARTS) is 1. The lowest BCUT2D eigenvalue weighted by molar-refractivity contribution is -0.138. The molecule has 0 fully saturated rings. The zero-order chi connectivity index (χ0) is 14.8. The maximum Gasteiger partial charge on any atom is 0.320 e. The lowest BCUT2D eigenvalue weighted by atomic mass is 10.0. The molecule has 0 bridgehead atoms. The van der Waals surface area contributed by atoms with E-state index in [0.29, 0.717) is 5.56 Å². The van der Waals surface area contributed by atoms with Gasteiger partial charge in [0.25, 0.3) is 0 Å². The molecule has 0 aliphatic carbocycles. The molecule has 5 heteroatoms. The molecule has 0 heterocycles. The molecule has 0 saturated carbocycles. The SMILES string of the molecule is [2H]C([2H])(CCc1ccc(O)c(O)c1)C([2H])(N)C(=O)O. The van der Waals surface area contributed by atoms with Gasteiger partial charge in [0, 0.05) is 2.74 Å². The Bertz CT molecular complexity index is 491. The Kier molecular flexibility index (Phi) is 2.82. The third kappa shape index (κ3) is 3.43. The highest BCUT2D eigenvalue weighted by molar-refractivity contribution is 5.72. The van der Waals surface area contributed by atoms with Crippen LogP contribution in [-0.4, -0.2) is 27.3 Å². The zero-order valence-electron chi connectivity index (χ0n) is 11.5. The van der Waals surface area contributed by atoms with E-state index in [0.717, 1.165) is 0 Å². The molecule has 0 aromatic heterocycles. The standard InChI is InChI=1S/C11H15NO4/c12-8(11(15)16)3-1-2-7-4-5-9(13)10(14)6-7/h4-6,8,13-14H,1-3,12H2,(H,15,16)/i3D2,8D. The molecule has 0 saturated heterocycles. The van der Waals surface area contributed by atoms with Gasteiger partial charge in [0.2, 0.25) is 0 Å². The first kappa shape index (κ1) is 8.41. The number of aryl methyl sites for hydroxylation is 1. The molecule has 1 atom stereocenters. The third-order valence-corrected chi connectivity index (χ3v) is 2.00. The zero-order valence-corrected chi connectivity index (χ0v) is 8.47. The van der Waals surface area contributed by atoms with Crippen molar-refractivity contribution in [1.29, 1.82) is 0 Å². The van der Waals surface area contributed by atoms with Crippen LogP contribution in [0.2, 0.25) is 0 Å². The highest BCUT2D eigenvalue weighted by Gasteiger charge is 2.10. The number of hydrogen-bond donors (Lipinski definition) is 4. The van der Waals surface area contributed by atoms with Crippen molar-refractivity contribution in [2.24, 2.45) is 5.73 Å². The van der Waals surface area contributed by atoms with Gasteiger partial charge in [0.05, 0.1) is 1.37 Å². The molecule has 88 valence electrons. The number of rotatable bonds is 5. The fourth-order valence-corrected chi connectivity index (χ4v) is 1.14. The summed E-state index contributed by atoms with van der Waals surface area (Å²) >= 11 is 0. The average Bonchev–Trinajstić information content (AvgIpc) is 2.30. The van der Waals surface area contributed by atoms with Crippen molar-refractivity contribution < 1.29 is 24.2 Å². The summed E-state index contributed by atoms with van der Waals surface area (Å²) in [6, 6.07) is 1.21. The van der Waals surface area contributed by atoms with Crippen molar-refractivity contribution in [3.8, 4) is 11.5 Å².